The number of ether oxygens (including phenoxy) is 2. The van der Waals surface area contributed by atoms with Gasteiger partial charge in [-0.2, -0.15) is 0 Å². The Morgan fingerprint density at radius 2 is 1.94 bits per heavy atom. The number of Topliss-reactive ketones (excluding diaryl/α,β-unsaturated/α-hetero) is 1. The van der Waals surface area contributed by atoms with Crippen molar-refractivity contribution >= 4 is 38.8 Å². The maximum absolute atomic E-state index is 12.7. The number of carbonyl (C=O) groups excluding carboxylic acids is 2. The number of carbonyl (C=O) groups is 2. The van der Waals surface area contributed by atoms with Crippen LogP contribution >= 0.6 is 11.3 Å². The minimum absolute atomic E-state index is 0. The molecule has 2 aromatic rings. The van der Waals surface area contributed by atoms with Gasteiger partial charge in [-0.15, -0.1) is 11.3 Å². The minimum Gasteiger partial charge on any atom is -0.495 e. The number of aliphatic hydroxyl groups excluding tert-OH is 1. The van der Waals surface area contributed by atoms with Gasteiger partial charge in [0.15, 0.2) is 5.78 Å². The molecule has 0 saturated carbocycles. The third-order valence-corrected chi connectivity index (χ3v) is 8.26. The first-order valence-corrected chi connectivity index (χ1v) is 13.6. The van der Waals surface area contributed by atoms with Gasteiger partial charge in [0.2, 0.25) is 10.0 Å². The zero-order chi connectivity index (χ0) is 24.7. The number of unbranched alkanes of at least 4 members (excludes halogenated alkanes) is 2. The van der Waals surface area contributed by atoms with Crippen molar-refractivity contribution in [2.45, 2.75) is 51.4 Å². The molecule has 2 heterocycles. The maximum Gasteiger partial charge on any atom is 0.345 e. The molecule has 2 atom stereocenters. The summed E-state index contributed by atoms with van der Waals surface area (Å²) in [5, 5.41) is 10.4. The topological polar surface area (TPSA) is 110 Å². The first-order valence-electron chi connectivity index (χ1n) is 11.2. The number of benzene rings is 1. The number of esters is 1. The molecule has 0 amide bonds. The molecule has 1 aromatic carbocycles. The van der Waals surface area contributed by atoms with Crippen LogP contribution in [0.15, 0.2) is 36.4 Å². The number of aliphatic hydroxyl groups is 1. The standard InChI is InChI=1S/C24H30NO7S2.Y/c1-3-5-6-7-21(26)17-8-10-18(11-9-17)25-20(22(27)16-34(25,29)30)15-31-14-19-12-13-23(33-19)24(28)32-4-2;/h8-13,20-21,26H,2-7,14-16H2,1H3;/q-1;. The smallest absolute Gasteiger partial charge is 0.345 e. The SMILES string of the molecule is [CH2-]COC(=O)c1ccc(COCC2C(=O)CS(=O)(=O)N2c2ccc(C(O)CCCCC)cc2)s1.[Y]. The van der Waals surface area contributed by atoms with Crippen LogP contribution in [-0.4, -0.2) is 50.3 Å². The van der Waals surface area contributed by atoms with Crippen LogP contribution in [-0.2, 0) is 63.6 Å². The van der Waals surface area contributed by atoms with Crippen LogP contribution in [0.1, 0.15) is 58.8 Å². The van der Waals surface area contributed by atoms with Crippen molar-refractivity contribution in [3.8, 4) is 0 Å². The second-order valence-corrected chi connectivity index (χ2v) is 11.1. The summed E-state index contributed by atoms with van der Waals surface area (Å²) in [5.41, 5.74) is 1.07. The third-order valence-electron chi connectivity index (χ3n) is 5.51. The van der Waals surface area contributed by atoms with Crippen molar-refractivity contribution < 1.29 is 65.3 Å². The quantitative estimate of drug-likeness (QED) is 0.226. The molecule has 3 rings (SSSR count). The third kappa shape index (κ3) is 7.91. The van der Waals surface area contributed by atoms with Crippen LogP contribution < -0.4 is 4.31 Å². The van der Waals surface area contributed by atoms with Crippen LogP contribution in [0.3, 0.4) is 0 Å². The summed E-state index contributed by atoms with van der Waals surface area (Å²) in [6, 6.07) is 8.99. The number of nitrogens with zero attached hydrogens (tertiary/aromatic N) is 1. The van der Waals surface area contributed by atoms with Gasteiger partial charge < -0.3 is 21.5 Å². The molecule has 1 aliphatic rings. The van der Waals surface area contributed by atoms with Crippen LogP contribution in [0, 0.1) is 6.92 Å². The van der Waals surface area contributed by atoms with E-state index in [1.807, 2.05) is 0 Å². The number of sulfonamides is 1. The Kier molecular flexibility index (Phi) is 12.0. The van der Waals surface area contributed by atoms with Gasteiger partial charge in [0, 0.05) is 37.6 Å². The van der Waals surface area contributed by atoms with Crippen molar-refractivity contribution in [3.63, 3.8) is 0 Å². The van der Waals surface area contributed by atoms with Gasteiger partial charge in [-0.3, -0.25) is 9.10 Å². The molecule has 35 heavy (non-hydrogen) atoms. The molecular formula is C24H30NO7S2Y-. The minimum atomic E-state index is -3.82. The normalized spacial score (nSPS) is 17.7. The number of anilines is 1. The Morgan fingerprint density at radius 1 is 1.23 bits per heavy atom. The van der Waals surface area contributed by atoms with E-state index in [1.165, 1.54) is 11.3 Å². The van der Waals surface area contributed by atoms with E-state index in [0.717, 1.165) is 28.4 Å². The number of thiophene rings is 1. The zero-order valence-electron chi connectivity index (χ0n) is 19.7. The monoisotopic (exact) mass is 597 g/mol. The van der Waals surface area contributed by atoms with E-state index in [2.05, 4.69) is 13.8 Å². The summed E-state index contributed by atoms with van der Waals surface area (Å²) in [6.45, 7) is 5.61. The first-order chi connectivity index (χ1) is 16.3. The fraction of sp³-hybridized carbons (Fsp3) is 0.458. The average molecular weight is 598 g/mol. The molecular weight excluding hydrogens is 567 g/mol. The second-order valence-electron chi connectivity index (χ2n) is 8.05. The zero-order valence-corrected chi connectivity index (χ0v) is 24.2. The van der Waals surface area contributed by atoms with Crippen LogP contribution in [0.4, 0.5) is 5.69 Å². The molecule has 2 unspecified atom stereocenters. The number of hydrogen-bond donors (Lipinski definition) is 1. The van der Waals surface area contributed by atoms with Crippen LogP contribution in [0.2, 0.25) is 0 Å². The molecule has 0 spiro atoms. The van der Waals surface area contributed by atoms with E-state index in [9.17, 15) is 23.1 Å². The van der Waals surface area contributed by atoms with Crippen molar-refractivity contribution in [3.05, 3.63) is 58.6 Å². The molecule has 1 saturated heterocycles. The Hall–Kier alpha value is -1.17. The molecule has 189 valence electrons. The number of rotatable bonds is 12. The van der Waals surface area contributed by atoms with Gasteiger partial charge in [0.25, 0.3) is 0 Å². The number of hydrogen-bond acceptors (Lipinski definition) is 8. The molecule has 1 radical (unpaired) electrons. The first kappa shape index (κ1) is 30.1. The Balaban J connectivity index is 0.00000432. The molecule has 0 bridgehead atoms. The molecule has 1 fully saturated rings. The van der Waals surface area contributed by atoms with Crippen molar-refractivity contribution in [2.75, 3.05) is 23.3 Å². The predicted octanol–water partition coefficient (Wildman–Crippen LogP) is 3.65. The summed E-state index contributed by atoms with van der Waals surface area (Å²) in [7, 11) is -3.82. The molecule has 1 aromatic heterocycles. The Bertz CT molecular complexity index is 1090. The van der Waals surface area contributed by atoms with E-state index >= 15 is 0 Å². The van der Waals surface area contributed by atoms with Gasteiger partial charge in [-0.25, -0.2) is 13.2 Å². The van der Waals surface area contributed by atoms with E-state index in [-0.39, 0.29) is 52.5 Å². The summed E-state index contributed by atoms with van der Waals surface area (Å²) >= 11 is 1.20. The van der Waals surface area contributed by atoms with E-state index in [0.29, 0.717) is 22.5 Å². The van der Waals surface area contributed by atoms with Crippen molar-refractivity contribution in [1.29, 1.82) is 0 Å². The van der Waals surface area contributed by atoms with Gasteiger partial charge in [-0.05, 0) is 42.9 Å². The molecule has 0 aliphatic carbocycles. The predicted molar refractivity (Wildman–Crippen MR) is 130 cm³/mol. The number of ketones is 1. The molecule has 8 nitrogen and oxygen atoms in total. The fourth-order valence-corrected chi connectivity index (χ4v) is 6.31. The summed E-state index contributed by atoms with van der Waals surface area (Å²) in [6.07, 6.45) is 3.04. The van der Waals surface area contributed by atoms with Crippen molar-refractivity contribution in [2.24, 2.45) is 0 Å². The van der Waals surface area contributed by atoms with Crippen LogP contribution in [0.25, 0.3) is 0 Å². The summed E-state index contributed by atoms with van der Waals surface area (Å²) < 4.78 is 37.0. The Labute approximate surface area is 235 Å². The van der Waals surface area contributed by atoms with Gasteiger partial charge in [0.05, 0.1) is 25.0 Å². The average Bonchev–Trinajstić information content (AvgIpc) is 3.36. The van der Waals surface area contributed by atoms with Crippen molar-refractivity contribution in [1.82, 2.24) is 0 Å². The summed E-state index contributed by atoms with van der Waals surface area (Å²) in [4.78, 5) is 25.4. The van der Waals surface area contributed by atoms with Gasteiger partial charge in [0.1, 0.15) is 16.7 Å². The molecule has 1 aliphatic heterocycles. The van der Waals surface area contributed by atoms with E-state index in [4.69, 9.17) is 9.47 Å². The maximum atomic E-state index is 12.7. The van der Waals surface area contributed by atoms with Crippen LogP contribution in [0.5, 0.6) is 0 Å². The van der Waals surface area contributed by atoms with Gasteiger partial charge >= 0.3 is 5.97 Å². The largest absolute Gasteiger partial charge is 0.495 e. The van der Waals surface area contributed by atoms with E-state index < -0.39 is 39.7 Å². The van der Waals surface area contributed by atoms with Gasteiger partial charge in [-0.1, -0.05) is 38.3 Å². The summed E-state index contributed by atoms with van der Waals surface area (Å²) in [5.74, 6) is -1.48. The molecule has 11 heteroatoms. The van der Waals surface area contributed by atoms with E-state index in [1.54, 1.807) is 36.4 Å². The Morgan fingerprint density at radius 3 is 2.60 bits per heavy atom. The fourth-order valence-electron chi connectivity index (χ4n) is 3.77. The second kappa shape index (κ2) is 14.0. The molecule has 1 N–H and O–H groups in total.